The molecular formula is C13H16N2O2. The number of nitrogens with one attached hydrogen (secondary N) is 2. The third-order valence-electron chi connectivity index (χ3n) is 2.74. The zero-order valence-corrected chi connectivity index (χ0v) is 9.82. The van der Waals surface area contributed by atoms with Crippen LogP contribution in [0.15, 0.2) is 40.7 Å². The quantitative estimate of drug-likeness (QED) is 0.621. The minimum atomic E-state index is -0.181. The summed E-state index contributed by atoms with van der Waals surface area (Å²) >= 11 is 0. The highest BCUT2D eigenvalue weighted by Gasteiger charge is 2.09. The summed E-state index contributed by atoms with van der Waals surface area (Å²) in [5.41, 5.74) is 7.30. The van der Waals surface area contributed by atoms with E-state index in [0.29, 0.717) is 11.3 Å². The van der Waals surface area contributed by atoms with E-state index >= 15 is 0 Å². The summed E-state index contributed by atoms with van der Waals surface area (Å²) in [7, 11) is 0. The maximum atomic E-state index is 11.7. The fourth-order valence-corrected chi connectivity index (χ4v) is 1.75. The van der Waals surface area contributed by atoms with Crippen molar-refractivity contribution in [3.63, 3.8) is 0 Å². The molecule has 2 rings (SSSR count). The highest BCUT2D eigenvalue weighted by Crippen LogP contribution is 2.15. The van der Waals surface area contributed by atoms with Gasteiger partial charge in [-0.3, -0.25) is 10.2 Å². The van der Waals surface area contributed by atoms with E-state index in [1.165, 1.54) is 11.8 Å². The van der Waals surface area contributed by atoms with Gasteiger partial charge in [-0.05, 0) is 37.8 Å². The number of hydrogen-bond acceptors (Lipinski definition) is 3. The van der Waals surface area contributed by atoms with E-state index < -0.39 is 0 Å². The summed E-state index contributed by atoms with van der Waals surface area (Å²) in [5, 5.41) is 0. The third kappa shape index (κ3) is 3.00. The molecule has 17 heavy (non-hydrogen) atoms. The molecule has 0 fully saturated rings. The van der Waals surface area contributed by atoms with Gasteiger partial charge in [-0.15, -0.1) is 0 Å². The lowest BCUT2D eigenvalue weighted by Crippen LogP contribution is -2.34. The van der Waals surface area contributed by atoms with Crippen molar-refractivity contribution >= 4 is 5.91 Å². The first-order valence-corrected chi connectivity index (χ1v) is 5.70. The van der Waals surface area contributed by atoms with Crippen LogP contribution in [0, 0.1) is 6.92 Å². The first-order valence-electron chi connectivity index (χ1n) is 5.70. The molecular weight excluding hydrogens is 216 g/mol. The Balaban J connectivity index is 1.85. The molecule has 0 bridgehead atoms. The van der Waals surface area contributed by atoms with Crippen molar-refractivity contribution < 1.29 is 9.21 Å². The molecule has 1 aromatic heterocycles. The van der Waals surface area contributed by atoms with E-state index in [9.17, 15) is 4.79 Å². The standard InChI is InChI=1S/C13H16N2O2/c1-10-12(7-8-17-10)13(16)15-14-9-11-5-3-2-4-6-11/h2-3,7-9,14H,4-6H2,1H3,(H,15,16)/b11-9+. The summed E-state index contributed by atoms with van der Waals surface area (Å²) in [5.74, 6) is 0.442. The van der Waals surface area contributed by atoms with Gasteiger partial charge in [-0.1, -0.05) is 12.2 Å². The first kappa shape index (κ1) is 11.5. The van der Waals surface area contributed by atoms with Crippen molar-refractivity contribution in [1.82, 2.24) is 10.9 Å². The van der Waals surface area contributed by atoms with Gasteiger partial charge in [-0.25, -0.2) is 0 Å². The van der Waals surface area contributed by atoms with Crippen molar-refractivity contribution in [2.75, 3.05) is 0 Å². The van der Waals surface area contributed by atoms with Gasteiger partial charge in [0.25, 0.3) is 5.91 Å². The summed E-state index contributed by atoms with van der Waals surface area (Å²) < 4.78 is 5.07. The van der Waals surface area contributed by atoms with Crippen molar-refractivity contribution in [3.8, 4) is 0 Å². The number of amides is 1. The summed E-state index contributed by atoms with van der Waals surface area (Å²) in [6.07, 6.45) is 10.7. The van der Waals surface area contributed by atoms with Crippen LogP contribution in [-0.4, -0.2) is 5.91 Å². The van der Waals surface area contributed by atoms with Crippen molar-refractivity contribution in [3.05, 3.63) is 47.6 Å². The van der Waals surface area contributed by atoms with Crippen LogP contribution in [-0.2, 0) is 0 Å². The molecule has 1 amide bonds. The molecule has 1 aliphatic rings. The highest BCUT2D eigenvalue weighted by atomic mass is 16.3. The van der Waals surface area contributed by atoms with Gasteiger partial charge < -0.3 is 9.84 Å². The maximum absolute atomic E-state index is 11.7. The molecule has 2 N–H and O–H groups in total. The van der Waals surface area contributed by atoms with Gasteiger partial charge >= 0.3 is 0 Å². The first-order chi connectivity index (χ1) is 8.27. The van der Waals surface area contributed by atoms with Crippen molar-refractivity contribution in [2.24, 2.45) is 0 Å². The SMILES string of the molecule is Cc1occc1C(=O)NN/C=C1\CC=CCC1. The van der Waals surface area contributed by atoms with Crippen LogP contribution < -0.4 is 10.9 Å². The van der Waals surface area contributed by atoms with E-state index in [1.54, 1.807) is 13.0 Å². The Hall–Kier alpha value is -1.97. The average Bonchev–Trinajstić information content (AvgIpc) is 2.77. The molecule has 0 unspecified atom stereocenters. The lowest BCUT2D eigenvalue weighted by molar-refractivity contribution is 0.0939. The Morgan fingerprint density at radius 2 is 2.35 bits per heavy atom. The lowest BCUT2D eigenvalue weighted by Gasteiger charge is -2.09. The van der Waals surface area contributed by atoms with Crippen molar-refractivity contribution in [1.29, 1.82) is 0 Å². The molecule has 0 aliphatic heterocycles. The predicted octanol–water partition coefficient (Wildman–Crippen LogP) is 2.45. The molecule has 4 heteroatoms. The van der Waals surface area contributed by atoms with E-state index in [-0.39, 0.29) is 5.91 Å². The van der Waals surface area contributed by atoms with Crippen LogP contribution in [0.2, 0.25) is 0 Å². The van der Waals surface area contributed by atoms with E-state index in [4.69, 9.17) is 4.42 Å². The van der Waals surface area contributed by atoms with Crippen LogP contribution in [0.25, 0.3) is 0 Å². The molecule has 0 aromatic carbocycles. The van der Waals surface area contributed by atoms with Crippen LogP contribution in [0.3, 0.4) is 0 Å². The molecule has 1 heterocycles. The second-order valence-corrected chi connectivity index (χ2v) is 4.01. The van der Waals surface area contributed by atoms with Crippen molar-refractivity contribution in [2.45, 2.75) is 26.2 Å². The van der Waals surface area contributed by atoms with E-state index in [1.807, 2.05) is 6.20 Å². The zero-order valence-electron chi connectivity index (χ0n) is 9.82. The number of rotatable bonds is 3. The number of allylic oxidation sites excluding steroid dienone is 3. The van der Waals surface area contributed by atoms with Crippen LogP contribution in [0.5, 0.6) is 0 Å². The van der Waals surface area contributed by atoms with Gasteiger partial charge in [0.1, 0.15) is 5.76 Å². The summed E-state index contributed by atoms with van der Waals surface area (Å²) in [4.78, 5) is 11.7. The van der Waals surface area contributed by atoms with Crippen LogP contribution in [0.1, 0.15) is 35.4 Å². The van der Waals surface area contributed by atoms with Gasteiger partial charge in [0.2, 0.25) is 0 Å². The third-order valence-corrected chi connectivity index (χ3v) is 2.74. The largest absolute Gasteiger partial charge is 0.469 e. The Morgan fingerprint density at radius 1 is 1.47 bits per heavy atom. The molecule has 4 nitrogen and oxygen atoms in total. The second kappa shape index (κ2) is 5.39. The molecule has 1 aliphatic carbocycles. The van der Waals surface area contributed by atoms with Gasteiger partial charge in [0.05, 0.1) is 11.8 Å². The zero-order chi connectivity index (χ0) is 12.1. The maximum Gasteiger partial charge on any atom is 0.273 e. The Morgan fingerprint density at radius 3 is 3.00 bits per heavy atom. The fourth-order valence-electron chi connectivity index (χ4n) is 1.75. The van der Waals surface area contributed by atoms with Gasteiger partial charge in [0, 0.05) is 6.20 Å². The fraction of sp³-hybridized carbons (Fsp3) is 0.308. The Labute approximate surface area is 100 Å². The normalized spacial score (nSPS) is 17.1. The predicted molar refractivity (Wildman–Crippen MR) is 65.1 cm³/mol. The minimum absolute atomic E-state index is 0.181. The van der Waals surface area contributed by atoms with E-state index in [0.717, 1.165) is 19.3 Å². The summed E-state index contributed by atoms with van der Waals surface area (Å²) in [6.45, 7) is 1.76. The number of aryl methyl sites for hydroxylation is 1. The van der Waals surface area contributed by atoms with E-state index in [2.05, 4.69) is 23.0 Å². The van der Waals surface area contributed by atoms with Gasteiger partial charge in [-0.2, -0.15) is 0 Å². The molecule has 0 atom stereocenters. The molecule has 1 aromatic rings. The molecule has 0 spiro atoms. The second-order valence-electron chi connectivity index (χ2n) is 4.01. The average molecular weight is 232 g/mol. The summed E-state index contributed by atoms with van der Waals surface area (Å²) in [6, 6.07) is 1.66. The van der Waals surface area contributed by atoms with Gasteiger partial charge in [0.15, 0.2) is 0 Å². The Kier molecular flexibility index (Phi) is 3.65. The number of furan rings is 1. The molecule has 0 saturated carbocycles. The number of carbonyl (C=O) groups excluding carboxylic acids is 1. The monoisotopic (exact) mass is 232 g/mol. The minimum Gasteiger partial charge on any atom is -0.469 e. The molecule has 0 radical (unpaired) electrons. The number of hydrazine groups is 1. The molecule has 0 saturated heterocycles. The highest BCUT2D eigenvalue weighted by molar-refractivity contribution is 5.94. The smallest absolute Gasteiger partial charge is 0.273 e. The van der Waals surface area contributed by atoms with Crippen LogP contribution >= 0.6 is 0 Å². The number of hydrogen-bond donors (Lipinski definition) is 2. The van der Waals surface area contributed by atoms with Crippen LogP contribution in [0.4, 0.5) is 0 Å². The topological polar surface area (TPSA) is 54.3 Å². The number of carbonyl (C=O) groups is 1. The lowest BCUT2D eigenvalue weighted by atomic mass is 10.0. The molecule has 90 valence electrons. The Bertz CT molecular complexity index is 458.